The fraction of sp³-hybridized carbons (Fsp3) is 0.412. The Bertz CT molecular complexity index is 619. The van der Waals surface area contributed by atoms with Crippen LogP contribution in [0.2, 0.25) is 0 Å². The van der Waals surface area contributed by atoms with E-state index in [4.69, 9.17) is 0 Å². The summed E-state index contributed by atoms with van der Waals surface area (Å²) in [6, 6.07) is 11.3. The lowest BCUT2D eigenvalue weighted by molar-refractivity contribution is 0.00719. The minimum atomic E-state index is 0.548. The normalized spacial score (nSPS) is 27.2. The number of hydrogen-bond acceptors (Lipinski definition) is 4. The molecule has 114 valence electrons. The molecule has 1 aromatic carbocycles. The van der Waals surface area contributed by atoms with Crippen molar-refractivity contribution in [3.8, 4) is 0 Å². The van der Waals surface area contributed by atoms with E-state index in [0.29, 0.717) is 6.04 Å². The number of fused-ring (bicyclic) bond motifs is 2. The molecule has 0 radical (unpaired) electrons. The molecule has 2 bridgehead atoms. The van der Waals surface area contributed by atoms with E-state index < -0.39 is 0 Å². The summed E-state index contributed by atoms with van der Waals surface area (Å²) in [6.45, 7) is 3.42. The molecule has 0 spiro atoms. The van der Waals surface area contributed by atoms with E-state index in [1.165, 1.54) is 25.1 Å². The number of rotatable bonds is 4. The number of nitrogens with one attached hydrogen (secondary N) is 1. The zero-order chi connectivity index (χ0) is 14.9. The van der Waals surface area contributed by atoms with Gasteiger partial charge in [0.2, 0.25) is 5.95 Å². The van der Waals surface area contributed by atoms with Crippen LogP contribution in [0.25, 0.3) is 0 Å². The van der Waals surface area contributed by atoms with Crippen LogP contribution in [0, 0.1) is 15.4 Å². The molecule has 2 aromatic rings. The number of piperidine rings is 2. The van der Waals surface area contributed by atoms with Gasteiger partial charge in [0.1, 0.15) is 0 Å². The lowest BCUT2D eigenvalue weighted by atomic mass is 9.66. The Balaban J connectivity index is 1.35. The van der Waals surface area contributed by atoms with E-state index in [-0.39, 0.29) is 0 Å². The molecule has 2 aliphatic heterocycles. The van der Waals surface area contributed by atoms with E-state index in [1.807, 2.05) is 12.4 Å². The van der Waals surface area contributed by atoms with Crippen LogP contribution in [0.15, 0.2) is 42.7 Å². The molecule has 1 aliphatic carbocycles. The molecule has 3 fully saturated rings. The van der Waals surface area contributed by atoms with E-state index in [9.17, 15) is 0 Å². The maximum Gasteiger partial charge on any atom is 0.222 e. The molecular formula is C17H19IN4. The minimum Gasteiger partial charge on any atom is -0.351 e. The van der Waals surface area contributed by atoms with Crippen LogP contribution in [0.1, 0.15) is 12.0 Å². The van der Waals surface area contributed by atoms with Crippen molar-refractivity contribution in [1.82, 2.24) is 14.9 Å². The molecule has 1 aromatic heterocycles. The van der Waals surface area contributed by atoms with Crippen molar-refractivity contribution in [2.24, 2.45) is 11.8 Å². The third kappa shape index (κ3) is 2.96. The zero-order valence-electron chi connectivity index (χ0n) is 12.3. The lowest BCUT2D eigenvalue weighted by Crippen LogP contribution is -2.60. The van der Waals surface area contributed by atoms with Crippen molar-refractivity contribution >= 4 is 28.5 Å². The predicted molar refractivity (Wildman–Crippen MR) is 95.5 cm³/mol. The molecular weight excluding hydrogens is 387 g/mol. The highest BCUT2D eigenvalue weighted by atomic mass is 127. The summed E-state index contributed by atoms with van der Waals surface area (Å²) >= 11 is 2.23. The SMILES string of the molecule is Ic1cnc(NC2C3CC2CN(Cc2ccccc2)C3)nc1. The van der Waals surface area contributed by atoms with Gasteiger partial charge in [0.05, 0.1) is 0 Å². The monoisotopic (exact) mass is 406 g/mol. The molecule has 22 heavy (non-hydrogen) atoms. The molecule has 1 N–H and O–H groups in total. The van der Waals surface area contributed by atoms with Gasteiger partial charge in [-0.05, 0) is 46.4 Å². The fourth-order valence-corrected chi connectivity index (χ4v) is 4.01. The molecule has 1 saturated carbocycles. The molecule has 2 unspecified atom stereocenters. The smallest absolute Gasteiger partial charge is 0.222 e. The third-order valence-corrected chi connectivity index (χ3v) is 5.33. The van der Waals surface area contributed by atoms with Gasteiger partial charge in [0.15, 0.2) is 0 Å². The predicted octanol–water partition coefficient (Wildman–Crippen LogP) is 3.01. The number of hydrogen-bond donors (Lipinski definition) is 1. The molecule has 3 aliphatic rings. The third-order valence-electron chi connectivity index (χ3n) is 4.77. The summed E-state index contributed by atoms with van der Waals surface area (Å²) < 4.78 is 1.07. The van der Waals surface area contributed by atoms with E-state index in [2.05, 4.69) is 73.1 Å². The molecule has 5 rings (SSSR count). The first-order valence-electron chi connectivity index (χ1n) is 7.78. The van der Waals surface area contributed by atoms with Gasteiger partial charge in [-0.15, -0.1) is 0 Å². The van der Waals surface area contributed by atoms with Crippen LogP contribution in [0.3, 0.4) is 0 Å². The topological polar surface area (TPSA) is 41.1 Å². The largest absolute Gasteiger partial charge is 0.351 e. The molecule has 5 heteroatoms. The summed E-state index contributed by atoms with van der Waals surface area (Å²) in [5.41, 5.74) is 1.41. The van der Waals surface area contributed by atoms with Crippen molar-refractivity contribution in [2.45, 2.75) is 19.0 Å². The van der Waals surface area contributed by atoms with E-state index in [1.54, 1.807) is 0 Å². The Labute approximate surface area is 144 Å². The van der Waals surface area contributed by atoms with Crippen LogP contribution in [-0.2, 0) is 6.54 Å². The summed E-state index contributed by atoms with van der Waals surface area (Å²) in [6.07, 6.45) is 5.07. The average molecular weight is 406 g/mol. The van der Waals surface area contributed by atoms with Gasteiger partial charge in [0.25, 0.3) is 0 Å². The number of aromatic nitrogens is 2. The standard InChI is InChI=1S/C17H19IN4/c18-15-7-19-17(20-8-15)21-16-13-6-14(16)11-22(10-13)9-12-4-2-1-3-5-12/h1-5,7-8,13-14,16H,6,9-11H2,(H,19,20,21). The van der Waals surface area contributed by atoms with Crippen molar-refractivity contribution in [3.05, 3.63) is 51.9 Å². The van der Waals surface area contributed by atoms with Crippen molar-refractivity contribution in [2.75, 3.05) is 18.4 Å². The van der Waals surface area contributed by atoms with Crippen LogP contribution in [0.5, 0.6) is 0 Å². The minimum absolute atomic E-state index is 0.548. The Kier molecular flexibility index (Phi) is 4.00. The van der Waals surface area contributed by atoms with Crippen LogP contribution < -0.4 is 5.32 Å². The van der Waals surface area contributed by atoms with Gasteiger partial charge >= 0.3 is 0 Å². The Morgan fingerprint density at radius 2 is 1.77 bits per heavy atom. The van der Waals surface area contributed by atoms with Crippen LogP contribution >= 0.6 is 22.6 Å². The second kappa shape index (κ2) is 6.12. The maximum absolute atomic E-state index is 4.37. The Morgan fingerprint density at radius 1 is 1.09 bits per heavy atom. The van der Waals surface area contributed by atoms with Gasteiger partial charge in [0, 0.05) is 41.6 Å². The highest BCUT2D eigenvalue weighted by Crippen LogP contribution is 2.41. The van der Waals surface area contributed by atoms with Gasteiger partial charge in [-0.3, -0.25) is 4.90 Å². The molecule has 0 amide bonds. The number of nitrogens with zero attached hydrogens (tertiary/aromatic N) is 3. The Morgan fingerprint density at radius 3 is 2.45 bits per heavy atom. The lowest BCUT2D eigenvalue weighted by Gasteiger charge is -2.53. The number of benzene rings is 1. The number of anilines is 1. The quantitative estimate of drug-likeness (QED) is 0.793. The summed E-state index contributed by atoms with van der Waals surface area (Å²) in [7, 11) is 0. The number of halogens is 1. The first-order valence-corrected chi connectivity index (χ1v) is 8.86. The van der Waals surface area contributed by atoms with Crippen molar-refractivity contribution in [3.63, 3.8) is 0 Å². The van der Waals surface area contributed by atoms with Gasteiger partial charge in [-0.2, -0.15) is 0 Å². The van der Waals surface area contributed by atoms with E-state index in [0.717, 1.165) is 27.9 Å². The highest BCUT2D eigenvalue weighted by molar-refractivity contribution is 14.1. The zero-order valence-corrected chi connectivity index (χ0v) is 14.5. The van der Waals surface area contributed by atoms with Gasteiger partial charge in [-0.1, -0.05) is 30.3 Å². The van der Waals surface area contributed by atoms with Crippen LogP contribution in [-0.4, -0.2) is 34.0 Å². The van der Waals surface area contributed by atoms with E-state index >= 15 is 0 Å². The molecule has 3 heterocycles. The second-order valence-corrected chi connectivity index (χ2v) is 7.58. The van der Waals surface area contributed by atoms with Gasteiger partial charge < -0.3 is 5.32 Å². The average Bonchev–Trinajstić information content (AvgIpc) is 2.55. The van der Waals surface area contributed by atoms with Crippen molar-refractivity contribution in [1.29, 1.82) is 0 Å². The van der Waals surface area contributed by atoms with Crippen molar-refractivity contribution < 1.29 is 0 Å². The van der Waals surface area contributed by atoms with Crippen LogP contribution in [0.4, 0.5) is 5.95 Å². The summed E-state index contributed by atoms with van der Waals surface area (Å²) in [5, 5.41) is 3.54. The fourth-order valence-electron chi connectivity index (χ4n) is 3.73. The summed E-state index contributed by atoms with van der Waals surface area (Å²) in [5.74, 6) is 2.23. The molecule has 2 atom stereocenters. The maximum atomic E-state index is 4.37. The molecule has 2 saturated heterocycles. The summed E-state index contributed by atoms with van der Waals surface area (Å²) in [4.78, 5) is 11.3. The Hall–Kier alpha value is -1.21. The molecule has 4 nitrogen and oxygen atoms in total. The van der Waals surface area contributed by atoms with Gasteiger partial charge in [-0.25, -0.2) is 9.97 Å². The first kappa shape index (κ1) is 14.4. The first-order chi connectivity index (χ1) is 10.8. The second-order valence-electron chi connectivity index (χ2n) is 6.33. The highest BCUT2D eigenvalue weighted by Gasteiger charge is 2.46.